The van der Waals surface area contributed by atoms with E-state index in [0.29, 0.717) is 48.5 Å². The first-order valence-corrected chi connectivity index (χ1v) is 9.74. The number of pyridine rings is 1. The summed E-state index contributed by atoms with van der Waals surface area (Å²) in [7, 11) is 1.61. The third-order valence-corrected chi connectivity index (χ3v) is 4.98. The van der Waals surface area contributed by atoms with Crippen LogP contribution in [-0.2, 0) is 11.3 Å². The van der Waals surface area contributed by atoms with E-state index in [4.69, 9.17) is 14.0 Å². The molecule has 1 atom stereocenters. The summed E-state index contributed by atoms with van der Waals surface area (Å²) in [4.78, 5) is 10.9. The molecule has 0 spiro atoms. The molecule has 1 aromatic carbocycles. The van der Waals surface area contributed by atoms with E-state index in [2.05, 4.69) is 20.0 Å². The summed E-state index contributed by atoms with van der Waals surface area (Å²) in [6.07, 6.45) is 3.42. The maximum Gasteiger partial charge on any atom is 0.244 e. The van der Waals surface area contributed by atoms with Crippen LogP contribution in [0.3, 0.4) is 0 Å². The summed E-state index contributed by atoms with van der Waals surface area (Å²) >= 11 is 0. The highest BCUT2D eigenvalue weighted by Crippen LogP contribution is 2.33. The molecule has 0 N–H and O–H groups in total. The zero-order valence-electron chi connectivity index (χ0n) is 16.6. The van der Waals surface area contributed by atoms with E-state index in [0.717, 1.165) is 25.5 Å². The molecule has 4 rings (SSSR count). The van der Waals surface area contributed by atoms with E-state index >= 15 is 0 Å². The number of hydrogen-bond donors (Lipinski definition) is 0. The van der Waals surface area contributed by atoms with Gasteiger partial charge in [-0.25, -0.2) is 8.78 Å². The molecule has 7 nitrogen and oxygen atoms in total. The summed E-state index contributed by atoms with van der Waals surface area (Å²) in [5.74, 6) is -0.190. The van der Waals surface area contributed by atoms with Crippen molar-refractivity contribution in [1.82, 2.24) is 20.0 Å². The van der Waals surface area contributed by atoms with Crippen LogP contribution in [-0.4, -0.2) is 46.9 Å². The lowest BCUT2D eigenvalue weighted by Gasteiger charge is -2.21. The second-order valence-electron chi connectivity index (χ2n) is 7.05. The number of ether oxygens (including phenoxy) is 2. The Kier molecular flexibility index (Phi) is 6.29. The first kappa shape index (κ1) is 20.4. The Hall–Kier alpha value is -2.91. The van der Waals surface area contributed by atoms with Gasteiger partial charge in [0.15, 0.2) is 11.6 Å². The molecule has 2 aromatic heterocycles. The van der Waals surface area contributed by atoms with Crippen molar-refractivity contribution in [2.45, 2.75) is 25.4 Å². The molecule has 0 saturated carbocycles. The number of likely N-dealkylation sites (tertiary alicyclic amines) is 1. The van der Waals surface area contributed by atoms with Crippen LogP contribution in [0, 0.1) is 11.6 Å². The van der Waals surface area contributed by atoms with E-state index in [9.17, 15) is 8.78 Å². The Bertz CT molecular complexity index is 998. The van der Waals surface area contributed by atoms with Gasteiger partial charge in [-0.3, -0.25) is 9.88 Å². The number of hydrogen-bond acceptors (Lipinski definition) is 7. The molecule has 3 aromatic rings. The molecule has 1 aliphatic rings. The van der Waals surface area contributed by atoms with E-state index < -0.39 is 11.6 Å². The standard InChI is InChI=1S/C21H22F2N4O3/c1-28-9-10-29-15-6-7-24-18(12-15)20-25-21(30-26-20)19-3-2-8-27(19)13-14-4-5-16(22)17(23)11-14/h4-7,11-12,19H,2-3,8-10,13H2,1H3/t19-/m1/s1. The van der Waals surface area contributed by atoms with Gasteiger partial charge in [-0.2, -0.15) is 4.98 Å². The second-order valence-corrected chi connectivity index (χ2v) is 7.05. The summed E-state index contributed by atoms with van der Waals surface area (Å²) in [6.45, 7) is 2.20. The van der Waals surface area contributed by atoms with Crippen molar-refractivity contribution < 1.29 is 22.8 Å². The molecule has 0 bridgehead atoms. The van der Waals surface area contributed by atoms with Crippen LogP contribution in [0.15, 0.2) is 41.1 Å². The van der Waals surface area contributed by atoms with E-state index in [1.54, 1.807) is 31.5 Å². The molecule has 0 aliphatic carbocycles. The van der Waals surface area contributed by atoms with Gasteiger partial charge in [-0.1, -0.05) is 11.2 Å². The highest BCUT2D eigenvalue weighted by molar-refractivity contribution is 5.50. The Balaban J connectivity index is 1.47. The molecular formula is C21H22F2N4O3. The third kappa shape index (κ3) is 4.63. The van der Waals surface area contributed by atoms with Crippen molar-refractivity contribution >= 4 is 0 Å². The number of rotatable bonds is 8. The van der Waals surface area contributed by atoms with Crippen LogP contribution in [0.1, 0.15) is 30.3 Å². The van der Waals surface area contributed by atoms with Crippen LogP contribution in [0.2, 0.25) is 0 Å². The largest absolute Gasteiger partial charge is 0.491 e. The monoisotopic (exact) mass is 416 g/mol. The maximum absolute atomic E-state index is 13.5. The van der Waals surface area contributed by atoms with E-state index in [1.807, 2.05) is 0 Å². The van der Waals surface area contributed by atoms with Crippen LogP contribution in [0.4, 0.5) is 8.78 Å². The van der Waals surface area contributed by atoms with Crippen LogP contribution < -0.4 is 4.74 Å². The maximum atomic E-state index is 13.5. The summed E-state index contributed by atoms with van der Waals surface area (Å²) in [6, 6.07) is 7.38. The number of halogens is 2. The van der Waals surface area contributed by atoms with Crippen molar-refractivity contribution in [2.24, 2.45) is 0 Å². The molecule has 1 fully saturated rings. The predicted molar refractivity (Wildman–Crippen MR) is 104 cm³/mol. The first-order chi connectivity index (χ1) is 14.6. The molecule has 158 valence electrons. The number of nitrogens with zero attached hydrogens (tertiary/aromatic N) is 4. The van der Waals surface area contributed by atoms with Crippen LogP contribution in [0.5, 0.6) is 5.75 Å². The summed E-state index contributed by atoms with van der Waals surface area (Å²) in [5.41, 5.74) is 1.24. The van der Waals surface area contributed by atoms with Crippen LogP contribution in [0.25, 0.3) is 11.5 Å². The lowest BCUT2D eigenvalue weighted by molar-refractivity contribution is 0.146. The molecule has 0 amide bonds. The zero-order chi connectivity index (χ0) is 20.9. The fourth-order valence-corrected chi connectivity index (χ4v) is 3.51. The normalized spacial score (nSPS) is 16.8. The highest BCUT2D eigenvalue weighted by Gasteiger charge is 2.31. The fourth-order valence-electron chi connectivity index (χ4n) is 3.51. The number of benzene rings is 1. The van der Waals surface area contributed by atoms with Crippen molar-refractivity contribution in [2.75, 3.05) is 26.9 Å². The van der Waals surface area contributed by atoms with Gasteiger partial charge < -0.3 is 14.0 Å². The fraction of sp³-hybridized carbons (Fsp3) is 0.381. The molecular weight excluding hydrogens is 394 g/mol. The van der Waals surface area contributed by atoms with Crippen molar-refractivity contribution in [1.29, 1.82) is 0 Å². The Morgan fingerprint density at radius 1 is 1.17 bits per heavy atom. The average molecular weight is 416 g/mol. The Morgan fingerprint density at radius 2 is 2.07 bits per heavy atom. The minimum Gasteiger partial charge on any atom is -0.491 e. The van der Waals surface area contributed by atoms with Gasteiger partial charge in [0.2, 0.25) is 11.7 Å². The molecule has 0 radical (unpaired) electrons. The first-order valence-electron chi connectivity index (χ1n) is 9.74. The van der Waals surface area contributed by atoms with Gasteiger partial charge in [0, 0.05) is 25.9 Å². The average Bonchev–Trinajstić information content (AvgIpc) is 3.41. The van der Waals surface area contributed by atoms with Gasteiger partial charge in [0.05, 0.1) is 12.6 Å². The Labute approximate surface area is 172 Å². The van der Waals surface area contributed by atoms with Gasteiger partial charge in [0.25, 0.3) is 0 Å². The number of methoxy groups -OCH3 is 1. The molecule has 1 saturated heterocycles. The van der Waals surface area contributed by atoms with Gasteiger partial charge in [-0.05, 0) is 43.1 Å². The van der Waals surface area contributed by atoms with Gasteiger partial charge >= 0.3 is 0 Å². The lowest BCUT2D eigenvalue weighted by Crippen LogP contribution is -2.23. The third-order valence-electron chi connectivity index (χ3n) is 4.98. The van der Waals surface area contributed by atoms with Gasteiger partial charge in [0.1, 0.15) is 18.1 Å². The lowest BCUT2D eigenvalue weighted by atomic mass is 10.1. The minimum atomic E-state index is -0.848. The van der Waals surface area contributed by atoms with Gasteiger partial charge in [-0.15, -0.1) is 0 Å². The number of aromatic nitrogens is 3. The topological polar surface area (TPSA) is 73.5 Å². The zero-order valence-corrected chi connectivity index (χ0v) is 16.6. The molecule has 3 heterocycles. The second kappa shape index (κ2) is 9.27. The SMILES string of the molecule is COCCOc1ccnc(-c2noc([C@H]3CCCN3Cc3ccc(F)c(F)c3)n2)c1. The quantitative estimate of drug-likeness (QED) is 0.518. The van der Waals surface area contributed by atoms with E-state index in [-0.39, 0.29) is 6.04 Å². The molecule has 9 heteroatoms. The highest BCUT2D eigenvalue weighted by atomic mass is 19.2. The van der Waals surface area contributed by atoms with Crippen molar-refractivity contribution in [3.8, 4) is 17.3 Å². The summed E-state index contributed by atoms with van der Waals surface area (Å²) in [5, 5.41) is 4.07. The molecule has 1 aliphatic heterocycles. The molecule has 30 heavy (non-hydrogen) atoms. The van der Waals surface area contributed by atoms with Crippen molar-refractivity contribution in [3.05, 3.63) is 59.6 Å². The van der Waals surface area contributed by atoms with E-state index in [1.165, 1.54) is 6.07 Å². The summed E-state index contributed by atoms with van der Waals surface area (Å²) < 4.78 is 42.8. The Morgan fingerprint density at radius 3 is 2.90 bits per heavy atom. The predicted octanol–water partition coefficient (Wildman–Crippen LogP) is 3.77. The molecule has 0 unspecified atom stereocenters. The van der Waals surface area contributed by atoms with Crippen LogP contribution >= 0.6 is 0 Å². The van der Waals surface area contributed by atoms with Crippen molar-refractivity contribution in [3.63, 3.8) is 0 Å². The smallest absolute Gasteiger partial charge is 0.244 e. The minimum absolute atomic E-state index is 0.0829.